The summed E-state index contributed by atoms with van der Waals surface area (Å²) in [4.78, 5) is 34.5. The summed E-state index contributed by atoms with van der Waals surface area (Å²) in [6, 6.07) is 7.09. The van der Waals surface area contributed by atoms with Gasteiger partial charge in [0.05, 0.1) is 37.4 Å². The predicted molar refractivity (Wildman–Crippen MR) is 129 cm³/mol. The number of aliphatic imine (C=N–C) groups is 1. The molecule has 0 aromatic heterocycles. The average molecular weight is 474 g/mol. The topological polar surface area (TPSA) is 80.7 Å². The van der Waals surface area contributed by atoms with E-state index in [0.717, 1.165) is 16.4 Å². The van der Waals surface area contributed by atoms with E-state index in [1.807, 2.05) is 55.3 Å². The van der Waals surface area contributed by atoms with E-state index in [0.29, 0.717) is 36.7 Å². The summed E-state index contributed by atoms with van der Waals surface area (Å²) in [5.41, 5.74) is 2.68. The number of amides is 1. The highest BCUT2D eigenvalue weighted by atomic mass is 32.2. The minimum atomic E-state index is -0.492. The first-order valence-corrected chi connectivity index (χ1v) is 11.8. The van der Waals surface area contributed by atoms with Crippen LogP contribution in [0.25, 0.3) is 0 Å². The first kappa shape index (κ1) is 24.9. The Bertz CT molecular complexity index is 984. The second kappa shape index (κ2) is 11.4. The van der Waals surface area contributed by atoms with Crippen molar-refractivity contribution in [2.45, 2.75) is 33.2 Å². The number of benzene rings is 1. The van der Waals surface area contributed by atoms with E-state index in [1.165, 1.54) is 11.8 Å². The van der Waals surface area contributed by atoms with Gasteiger partial charge in [-0.3, -0.25) is 4.79 Å². The molecule has 3 rings (SSSR count). The van der Waals surface area contributed by atoms with Crippen LogP contribution in [0.5, 0.6) is 5.75 Å². The fourth-order valence-electron chi connectivity index (χ4n) is 3.90. The first-order chi connectivity index (χ1) is 15.9. The van der Waals surface area contributed by atoms with Gasteiger partial charge in [-0.1, -0.05) is 23.9 Å². The number of hydrogen-bond donors (Lipinski definition) is 0. The maximum absolute atomic E-state index is 13.2. The number of amidine groups is 1. The second-order valence-electron chi connectivity index (χ2n) is 7.54. The molecule has 178 valence electrons. The highest BCUT2D eigenvalue weighted by molar-refractivity contribution is 8.16. The Hall–Kier alpha value is -2.78. The summed E-state index contributed by atoms with van der Waals surface area (Å²) < 4.78 is 15.9. The molecule has 0 radical (unpaired) electrons. The quantitative estimate of drug-likeness (QED) is 0.378. The van der Waals surface area contributed by atoms with Gasteiger partial charge in [0.15, 0.2) is 5.17 Å². The van der Waals surface area contributed by atoms with Gasteiger partial charge in [-0.25, -0.2) is 9.79 Å². The predicted octanol–water partition coefficient (Wildman–Crippen LogP) is 3.72. The standard InChI is InChI=1S/C24H31N3O5S/c1-6-26(7-2)20(28)14-18-15-33-24-25-16(3)21(23(29)32-12-11-30-4)22(27(18)24)17-9-8-10-19(13-17)31-5/h8-10,13,15,22H,6-7,11-12,14H2,1-5H3. The van der Waals surface area contributed by atoms with E-state index in [4.69, 9.17) is 14.2 Å². The van der Waals surface area contributed by atoms with Crippen LogP contribution >= 0.6 is 11.8 Å². The van der Waals surface area contributed by atoms with E-state index in [2.05, 4.69) is 4.99 Å². The van der Waals surface area contributed by atoms with Gasteiger partial charge in [0.25, 0.3) is 0 Å². The molecule has 1 amide bonds. The van der Waals surface area contributed by atoms with Crippen molar-refractivity contribution in [1.82, 2.24) is 9.80 Å². The third-order valence-electron chi connectivity index (χ3n) is 5.60. The zero-order valence-corrected chi connectivity index (χ0v) is 20.6. The Balaban J connectivity index is 2.02. The van der Waals surface area contributed by atoms with Crippen molar-refractivity contribution in [1.29, 1.82) is 0 Å². The molecule has 1 aromatic carbocycles. The van der Waals surface area contributed by atoms with Crippen molar-refractivity contribution in [3.05, 3.63) is 52.2 Å². The summed E-state index contributed by atoms with van der Waals surface area (Å²) in [6.45, 7) is 7.48. The fraction of sp³-hybridized carbons (Fsp3) is 0.458. The van der Waals surface area contributed by atoms with Crippen LogP contribution in [0, 0.1) is 0 Å². The smallest absolute Gasteiger partial charge is 0.338 e. The highest BCUT2D eigenvalue weighted by Crippen LogP contribution is 2.45. The Morgan fingerprint density at radius 3 is 2.61 bits per heavy atom. The second-order valence-corrected chi connectivity index (χ2v) is 8.38. The molecule has 0 saturated carbocycles. The van der Waals surface area contributed by atoms with Crippen LogP contribution in [0.15, 0.2) is 51.6 Å². The van der Waals surface area contributed by atoms with Crippen molar-refractivity contribution >= 4 is 28.8 Å². The lowest BCUT2D eigenvalue weighted by Crippen LogP contribution is -2.39. The molecular weight excluding hydrogens is 442 g/mol. The molecule has 2 heterocycles. The minimum absolute atomic E-state index is 0.0352. The van der Waals surface area contributed by atoms with Gasteiger partial charge in [0.2, 0.25) is 5.91 Å². The van der Waals surface area contributed by atoms with E-state index in [-0.39, 0.29) is 18.9 Å². The van der Waals surface area contributed by atoms with Crippen LogP contribution in [0.1, 0.15) is 38.8 Å². The maximum Gasteiger partial charge on any atom is 0.338 e. The summed E-state index contributed by atoms with van der Waals surface area (Å²) in [5, 5.41) is 2.68. The van der Waals surface area contributed by atoms with Crippen LogP contribution in [0.4, 0.5) is 0 Å². The SMILES string of the molecule is CCN(CC)C(=O)CC1=CSC2=NC(C)=C(C(=O)OCCOC)C(c3cccc(OC)c3)N12. The van der Waals surface area contributed by atoms with Crippen molar-refractivity contribution in [2.75, 3.05) is 40.5 Å². The molecule has 9 heteroatoms. The zero-order valence-electron chi connectivity index (χ0n) is 19.8. The third-order valence-corrected chi connectivity index (χ3v) is 6.49. The molecule has 1 unspecified atom stereocenters. The molecule has 8 nitrogen and oxygen atoms in total. The zero-order chi connectivity index (χ0) is 24.0. The number of fused-ring (bicyclic) bond motifs is 1. The van der Waals surface area contributed by atoms with Crippen molar-refractivity contribution in [3.8, 4) is 5.75 Å². The lowest BCUT2D eigenvalue weighted by Gasteiger charge is -2.36. The van der Waals surface area contributed by atoms with Gasteiger partial charge in [0.1, 0.15) is 12.4 Å². The van der Waals surface area contributed by atoms with Gasteiger partial charge in [-0.15, -0.1) is 0 Å². The third kappa shape index (κ3) is 5.42. The summed E-state index contributed by atoms with van der Waals surface area (Å²) in [7, 11) is 3.16. The molecule has 33 heavy (non-hydrogen) atoms. The molecule has 0 fully saturated rings. The first-order valence-electron chi connectivity index (χ1n) is 11.0. The minimum Gasteiger partial charge on any atom is -0.497 e. The number of ether oxygens (including phenoxy) is 3. The molecule has 0 aliphatic carbocycles. The lowest BCUT2D eigenvalue weighted by molar-refractivity contribution is -0.141. The number of methoxy groups -OCH3 is 2. The number of allylic oxidation sites excluding steroid dienone is 1. The van der Waals surface area contributed by atoms with Gasteiger partial charge < -0.3 is 24.0 Å². The van der Waals surface area contributed by atoms with E-state index < -0.39 is 12.0 Å². The number of carbonyl (C=O) groups is 2. The number of carbonyl (C=O) groups excluding carboxylic acids is 2. The Morgan fingerprint density at radius 1 is 1.18 bits per heavy atom. The summed E-state index contributed by atoms with van der Waals surface area (Å²) >= 11 is 1.46. The molecule has 1 aromatic rings. The Morgan fingerprint density at radius 2 is 1.94 bits per heavy atom. The fourth-order valence-corrected chi connectivity index (χ4v) is 4.86. The molecule has 2 aliphatic rings. The van der Waals surface area contributed by atoms with Gasteiger partial charge in [-0.2, -0.15) is 0 Å². The normalized spacial score (nSPS) is 17.4. The Kier molecular flexibility index (Phi) is 8.57. The van der Waals surface area contributed by atoms with Crippen LogP contribution in [0.2, 0.25) is 0 Å². The number of rotatable bonds is 10. The molecule has 1 atom stereocenters. The molecule has 2 aliphatic heterocycles. The number of nitrogens with zero attached hydrogens (tertiary/aromatic N) is 3. The van der Waals surface area contributed by atoms with Crippen molar-refractivity contribution in [2.24, 2.45) is 4.99 Å². The van der Waals surface area contributed by atoms with Crippen LogP contribution in [0.3, 0.4) is 0 Å². The number of thioether (sulfide) groups is 1. The van der Waals surface area contributed by atoms with E-state index in [1.54, 1.807) is 19.1 Å². The average Bonchev–Trinajstić information content (AvgIpc) is 3.20. The summed E-state index contributed by atoms with van der Waals surface area (Å²) in [5.74, 6) is 0.261. The van der Waals surface area contributed by atoms with Gasteiger partial charge >= 0.3 is 5.97 Å². The monoisotopic (exact) mass is 473 g/mol. The van der Waals surface area contributed by atoms with Crippen LogP contribution in [-0.2, 0) is 19.1 Å². The molecule has 0 bridgehead atoms. The lowest BCUT2D eigenvalue weighted by atomic mass is 9.93. The highest BCUT2D eigenvalue weighted by Gasteiger charge is 2.41. The molecule has 0 N–H and O–H groups in total. The van der Waals surface area contributed by atoms with Gasteiger partial charge in [0, 0.05) is 25.9 Å². The molecule has 0 spiro atoms. The summed E-state index contributed by atoms with van der Waals surface area (Å²) in [6.07, 6.45) is 0.221. The van der Waals surface area contributed by atoms with Gasteiger partial charge in [-0.05, 0) is 43.9 Å². The van der Waals surface area contributed by atoms with Crippen LogP contribution < -0.4 is 4.74 Å². The van der Waals surface area contributed by atoms with E-state index in [9.17, 15) is 9.59 Å². The van der Waals surface area contributed by atoms with Crippen molar-refractivity contribution < 1.29 is 23.8 Å². The van der Waals surface area contributed by atoms with Crippen molar-refractivity contribution in [3.63, 3.8) is 0 Å². The number of hydrogen-bond acceptors (Lipinski definition) is 8. The molecule has 0 saturated heterocycles. The molecular formula is C24H31N3O5S. The van der Waals surface area contributed by atoms with Crippen LogP contribution in [-0.4, -0.2) is 67.4 Å². The Labute approximate surface area is 199 Å². The van der Waals surface area contributed by atoms with E-state index >= 15 is 0 Å². The maximum atomic E-state index is 13.2. The number of esters is 1. The largest absolute Gasteiger partial charge is 0.497 e.